The molecule has 0 saturated carbocycles. The van der Waals surface area contributed by atoms with Crippen molar-refractivity contribution >= 4 is 5.91 Å². The summed E-state index contributed by atoms with van der Waals surface area (Å²) in [7, 11) is 0. The number of carbonyl (C=O) groups is 1. The normalized spacial score (nSPS) is 12.6. The third-order valence-electron chi connectivity index (χ3n) is 4.63. The highest BCUT2D eigenvalue weighted by Gasteiger charge is 2.20. The quantitative estimate of drug-likeness (QED) is 0.790. The monoisotopic (exact) mass is 323 g/mol. The van der Waals surface area contributed by atoms with Gasteiger partial charge in [-0.3, -0.25) is 4.79 Å². The number of unbranched alkanes of at least 4 members (excludes halogenated alkanes) is 1. The van der Waals surface area contributed by atoms with Crippen LogP contribution in [-0.4, -0.2) is 24.0 Å². The van der Waals surface area contributed by atoms with E-state index in [1.807, 2.05) is 35.2 Å². The zero-order valence-corrected chi connectivity index (χ0v) is 14.5. The molecule has 0 spiro atoms. The predicted octanol–water partition coefficient (Wildman–Crippen LogP) is 4.37. The third-order valence-corrected chi connectivity index (χ3v) is 4.63. The van der Waals surface area contributed by atoms with Gasteiger partial charge < -0.3 is 9.64 Å². The van der Waals surface area contributed by atoms with Gasteiger partial charge in [0.25, 0.3) is 5.91 Å². The molecule has 126 valence electrons. The molecule has 3 heteroatoms. The largest absolute Gasteiger partial charge is 0.493 e. The summed E-state index contributed by atoms with van der Waals surface area (Å²) in [6.07, 6.45) is 2.99. The van der Waals surface area contributed by atoms with E-state index in [-0.39, 0.29) is 5.91 Å². The lowest BCUT2D eigenvalue weighted by molar-refractivity contribution is 0.0740. The number of fused-ring (bicyclic) bond motifs is 1. The second-order valence-corrected chi connectivity index (χ2v) is 6.43. The number of benzene rings is 2. The number of rotatable bonds is 6. The van der Waals surface area contributed by atoms with Crippen molar-refractivity contribution in [2.24, 2.45) is 0 Å². The average Bonchev–Trinajstić information content (AvgIpc) is 3.07. The van der Waals surface area contributed by atoms with E-state index in [0.717, 1.165) is 49.3 Å². The molecule has 0 aliphatic carbocycles. The van der Waals surface area contributed by atoms with Gasteiger partial charge in [-0.15, -0.1) is 0 Å². The Bertz CT molecular complexity index is 724. The molecule has 1 heterocycles. The Kier molecular flexibility index (Phi) is 5.19. The smallest absolute Gasteiger partial charge is 0.254 e. The van der Waals surface area contributed by atoms with Crippen LogP contribution < -0.4 is 4.74 Å². The molecule has 0 atom stereocenters. The number of nitrogens with zero attached hydrogens (tertiary/aromatic N) is 1. The van der Waals surface area contributed by atoms with Gasteiger partial charge in [0.2, 0.25) is 0 Å². The molecule has 1 aliphatic heterocycles. The summed E-state index contributed by atoms with van der Waals surface area (Å²) in [4.78, 5) is 15.0. The van der Waals surface area contributed by atoms with Gasteiger partial charge >= 0.3 is 0 Å². The molecule has 0 fully saturated rings. The minimum atomic E-state index is 0.112. The van der Waals surface area contributed by atoms with Gasteiger partial charge in [-0.2, -0.15) is 0 Å². The van der Waals surface area contributed by atoms with Crippen molar-refractivity contribution in [2.45, 2.75) is 39.7 Å². The molecule has 3 nitrogen and oxygen atoms in total. The van der Waals surface area contributed by atoms with Crippen LogP contribution in [0.25, 0.3) is 0 Å². The van der Waals surface area contributed by atoms with Gasteiger partial charge in [-0.1, -0.05) is 37.6 Å². The molecule has 24 heavy (non-hydrogen) atoms. The van der Waals surface area contributed by atoms with Crippen LogP contribution in [0, 0.1) is 6.92 Å². The summed E-state index contributed by atoms with van der Waals surface area (Å²) in [6.45, 7) is 6.43. The van der Waals surface area contributed by atoms with Crippen LogP contribution in [0.3, 0.4) is 0 Å². The first kappa shape index (κ1) is 16.6. The first-order valence-corrected chi connectivity index (χ1v) is 8.78. The zero-order chi connectivity index (χ0) is 16.9. The highest BCUT2D eigenvalue weighted by atomic mass is 16.5. The number of hydrogen-bond acceptors (Lipinski definition) is 2. The van der Waals surface area contributed by atoms with Gasteiger partial charge in [-0.05, 0) is 48.2 Å². The Balaban J connectivity index is 1.82. The van der Waals surface area contributed by atoms with Crippen LogP contribution in [0.15, 0.2) is 42.5 Å². The summed E-state index contributed by atoms with van der Waals surface area (Å²) in [6, 6.07) is 14.1. The van der Waals surface area contributed by atoms with Crippen LogP contribution >= 0.6 is 0 Å². The molecule has 0 saturated heterocycles. The van der Waals surface area contributed by atoms with Crippen LogP contribution in [0.4, 0.5) is 0 Å². The Morgan fingerprint density at radius 1 is 1.21 bits per heavy atom. The molecule has 2 aromatic rings. The summed E-state index contributed by atoms with van der Waals surface area (Å²) in [5, 5.41) is 0. The van der Waals surface area contributed by atoms with E-state index in [2.05, 4.69) is 26.0 Å². The molecule has 2 aromatic carbocycles. The van der Waals surface area contributed by atoms with Gasteiger partial charge in [0.05, 0.1) is 6.61 Å². The molecule has 0 radical (unpaired) electrons. The minimum Gasteiger partial charge on any atom is -0.493 e. The van der Waals surface area contributed by atoms with Gasteiger partial charge in [-0.25, -0.2) is 0 Å². The SMILES string of the molecule is CCCCN(Cc1ccccc1C)C(=O)c1ccc2c(c1)CCO2. The highest BCUT2D eigenvalue weighted by molar-refractivity contribution is 5.94. The molecule has 0 N–H and O–H groups in total. The Morgan fingerprint density at radius 3 is 2.83 bits per heavy atom. The van der Waals surface area contributed by atoms with E-state index in [1.54, 1.807) is 0 Å². The number of ether oxygens (including phenoxy) is 1. The fourth-order valence-corrected chi connectivity index (χ4v) is 3.10. The molecule has 3 rings (SSSR count). The maximum atomic E-state index is 13.1. The second kappa shape index (κ2) is 7.52. The van der Waals surface area contributed by atoms with Crippen molar-refractivity contribution in [2.75, 3.05) is 13.2 Å². The van der Waals surface area contributed by atoms with Crippen molar-refractivity contribution in [3.05, 3.63) is 64.7 Å². The summed E-state index contributed by atoms with van der Waals surface area (Å²) in [5.74, 6) is 1.03. The van der Waals surface area contributed by atoms with Gasteiger partial charge in [0.1, 0.15) is 5.75 Å². The first-order chi connectivity index (χ1) is 11.7. The first-order valence-electron chi connectivity index (χ1n) is 8.78. The zero-order valence-electron chi connectivity index (χ0n) is 14.5. The minimum absolute atomic E-state index is 0.112. The van der Waals surface area contributed by atoms with Crippen LogP contribution in [0.5, 0.6) is 5.75 Å². The Labute approximate surface area is 144 Å². The average molecular weight is 323 g/mol. The second-order valence-electron chi connectivity index (χ2n) is 6.43. The summed E-state index contributed by atoms with van der Waals surface area (Å²) in [5.41, 5.74) is 4.36. The van der Waals surface area contributed by atoms with Crippen molar-refractivity contribution in [3.8, 4) is 5.75 Å². The van der Waals surface area contributed by atoms with Crippen molar-refractivity contribution < 1.29 is 9.53 Å². The molecule has 0 aromatic heterocycles. The number of aryl methyl sites for hydroxylation is 1. The number of amides is 1. The Morgan fingerprint density at radius 2 is 2.04 bits per heavy atom. The predicted molar refractivity (Wildman–Crippen MR) is 96.5 cm³/mol. The lowest BCUT2D eigenvalue weighted by Crippen LogP contribution is -2.31. The third kappa shape index (κ3) is 3.61. The topological polar surface area (TPSA) is 29.5 Å². The van der Waals surface area contributed by atoms with Crippen molar-refractivity contribution in [1.29, 1.82) is 0 Å². The van der Waals surface area contributed by atoms with Crippen LogP contribution in [-0.2, 0) is 13.0 Å². The van der Waals surface area contributed by atoms with Crippen molar-refractivity contribution in [1.82, 2.24) is 4.90 Å². The molecule has 0 unspecified atom stereocenters. The van der Waals surface area contributed by atoms with Crippen LogP contribution in [0.2, 0.25) is 0 Å². The molecular formula is C21H25NO2. The molecular weight excluding hydrogens is 298 g/mol. The summed E-state index contributed by atoms with van der Waals surface area (Å²) < 4.78 is 5.55. The highest BCUT2D eigenvalue weighted by Crippen LogP contribution is 2.26. The van der Waals surface area contributed by atoms with Crippen LogP contribution in [0.1, 0.15) is 46.8 Å². The standard InChI is InChI=1S/C21H25NO2/c1-3-4-12-22(15-19-8-6-5-7-16(19)2)21(23)18-9-10-20-17(14-18)11-13-24-20/h5-10,14H,3-4,11-13,15H2,1-2H3. The lowest BCUT2D eigenvalue weighted by Gasteiger charge is -2.24. The molecule has 0 bridgehead atoms. The van der Waals surface area contributed by atoms with E-state index in [9.17, 15) is 4.79 Å². The maximum absolute atomic E-state index is 13.1. The number of hydrogen-bond donors (Lipinski definition) is 0. The van der Waals surface area contributed by atoms with Gasteiger partial charge in [0, 0.05) is 25.1 Å². The van der Waals surface area contributed by atoms with E-state index in [1.165, 1.54) is 11.1 Å². The maximum Gasteiger partial charge on any atom is 0.254 e. The number of carbonyl (C=O) groups excluding carboxylic acids is 1. The summed E-state index contributed by atoms with van der Waals surface area (Å²) >= 11 is 0. The van der Waals surface area contributed by atoms with E-state index >= 15 is 0 Å². The van der Waals surface area contributed by atoms with E-state index in [0.29, 0.717) is 6.54 Å². The fraction of sp³-hybridized carbons (Fsp3) is 0.381. The fourth-order valence-electron chi connectivity index (χ4n) is 3.10. The molecule has 1 aliphatic rings. The van der Waals surface area contributed by atoms with E-state index < -0.39 is 0 Å². The van der Waals surface area contributed by atoms with E-state index in [4.69, 9.17) is 4.74 Å². The Hall–Kier alpha value is -2.29. The lowest BCUT2D eigenvalue weighted by atomic mass is 10.1. The molecule has 1 amide bonds. The van der Waals surface area contributed by atoms with Gasteiger partial charge in [0.15, 0.2) is 0 Å². The van der Waals surface area contributed by atoms with Crippen molar-refractivity contribution in [3.63, 3.8) is 0 Å².